The minimum atomic E-state index is -1.08. The van der Waals surface area contributed by atoms with Gasteiger partial charge in [0.2, 0.25) is 0 Å². The first-order valence-electron chi connectivity index (χ1n) is 7.24. The Bertz CT molecular complexity index is 525. The fourth-order valence-corrected chi connectivity index (χ4v) is 3.23. The molecule has 0 bridgehead atoms. The first-order valence-corrected chi connectivity index (χ1v) is 8.12. The zero-order valence-electron chi connectivity index (χ0n) is 13.0. The molecule has 128 valence electrons. The van der Waals surface area contributed by atoms with Gasteiger partial charge < -0.3 is 30.1 Å². The quantitative estimate of drug-likeness (QED) is 0.471. The summed E-state index contributed by atoms with van der Waals surface area (Å²) in [5, 5.41) is 32.6. The first kappa shape index (κ1) is 18.0. The zero-order valence-corrected chi connectivity index (χ0v) is 13.9. The van der Waals surface area contributed by atoms with Crippen LogP contribution < -0.4 is 10.1 Å². The molecule has 0 saturated carbocycles. The van der Waals surface area contributed by atoms with Crippen molar-refractivity contribution in [1.29, 1.82) is 0 Å². The van der Waals surface area contributed by atoms with Crippen molar-refractivity contribution in [3.63, 3.8) is 0 Å². The van der Waals surface area contributed by atoms with Gasteiger partial charge in [0.15, 0.2) is 5.17 Å². The molecular formula is C15H22N2O5S. The molecule has 1 aromatic carbocycles. The lowest BCUT2D eigenvalue weighted by molar-refractivity contribution is -0.156. The first-order chi connectivity index (χ1) is 11.1. The lowest BCUT2D eigenvalue weighted by Crippen LogP contribution is -2.49. The van der Waals surface area contributed by atoms with Gasteiger partial charge in [0.05, 0.1) is 19.8 Å². The van der Waals surface area contributed by atoms with Crippen molar-refractivity contribution < 1.29 is 24.8 Å². The third-order valence-electron chi connectivity index (χ3n) is 3.50. The molecule has 1 saturated heterocycles. The number of aliphatic hydroxyl groups is 3. The second kappa shape index (κ2) is 8.51. The highest BCUT2D eigenvalue weighted by atomic mass is 32.2. The summed E-state index contributed by atoms with van der Waals surface area (Å²) in [5.41, 5.74) is 0.434. The van der Waals surface area contributed by atoms with Gasteiger partial charge in [-0.05, 0) is 24.3 Å². The molecule has 4 atom stereocenters. The number of nitrogens with one attached hydrogen (secondary N) is 1. The molecule has 1 unspecified atom stereocenters. The number of thioether (sulfide) groups is 1. The number of hydrogen-bond donors (Lipinski definition) is 4. The van der Waals surface area contributed by atoms with Crippen molar-refractivity contribution in [3.8, 4) is 5.75 Å². The monoisotopic (exact) mass is 342 g/mol. The van der Waals surface area contributed by atoms with E-state index in [0.717, 1.165) is 11.4 Å². The van der Waals surface area contributed by atoms with Gasteiger partial charge in [0.25, 0.3) is 0 Å². The minimum absolute atomic E-state index is 0.256. The maximum atomic E-state index is 9.85. The third kappa shape index (κ3) is 4.82. The van der Waals surface area contributed by atoms with Crippen molar-refractivity contribution in [2.24, 2.45) is 4.99 Å². The standard InChI is InChI=1S/C15H22N2O5S/c1-16-15(17-9-3-5-10(21-2)6-4-9)23-13-7-11(19)14(20)12(8-18)22-13/h3-6,11-14,18-20H,7-8H2,1-2H3,(H,16,17)/t11-,12-,13?,14+/m1/s1. The summed E-state index contributed by atoms with van der Waals surface area (Å²) in [6, 6.07) is 7.39. The number of amidine groups is 1. The van der Waals surface area contributed by atoms with E-state index < -0.39 is 23.7 Å². The molecular weight excluding hydrogens is 320 g/mol. The van der Waals surface area contributed by atoms with Crippen LogP contribution in [0.1, 0.15) is 6.42 Å². The van der Waals surface area contributed by atoms with Crippen molar-refractivity contribution >= 4 is 22.6 Å². The second-order valence-corrected chi connectivity index (χ2v) is 6.23. The third-order valence-corrected chi connectivity index (χ3v) is 4.58. The van der Waals surface area contributed by atoms with Crippen LogP contribution in [0.15, 0.2) is 29.3 Å². The molecule has 1 aliphatic heterocycles. The minimum Gasteiger partial charge on any atom is -0.497 e. The van der Waals surface area contributed by atoms with Crippen molar-refractivity contribution in [2.45, 2.75) is 30.2 Å². The highest BCUT2D eigenvalue weighted by molar-refractivity contribution is 8.14. The largest absolute Gasteiger partial charge is 0.497 e. The molecule has 0 radical (unpaired) electrons. The highest BCUT2D eigenvalue weighted by Gasteiger charge is 2.37. The molecule has 1 aromatic rings. The van der Waals surface area contributed by atoms with E-state index in [-0.39, 0.29) is 13.0 Å². The van der Waals surface area contributed by atoms with Crippen LogP contribution in [0.5, 0.6) is 5.75 Å². The molecule has 0 aromatic heterocycles. The van der Waals surface area contributed by atoms with E-state index in [9.17, 15) is 15.3 Å². The number of nitrogens with zero attached hydrogens (tertiary/aromatic N) is 1. The summed E-state index contributed by atoms with van der Waals surface area (Å²) >= 11 is 1.30. The van der Waals surface area contributed by atoms with E-state index in [1.165, 1.54) is 11.8 Å². The number of hydrogen-bond acceptors (Lipinski definition) is 7. The predicted octanol–water partition coefficient (Wildman–Crippen LogP) is 0.655. The van der Waals surface area contributed by atoms with E-state index >= 15 is 0 Å². The SMILES string of the molecule is CN=C(Nc1ccc(OC)cc1)SC1C[C@@H](O)[C@H](O)[C@@H](CO)O1. The molecule has 1 fully saturated rings. The Morgan fingerprint density at radius 2 is 2.09 bits per heavy atom. The van der Waals surface area contributed by atoms with Crippen LogP contribution >= 0.6 is 11.8 Å². The van der Waals surface area contributed by atoms with Gasteiger partial charge >= 0.3 is 0 Å². The molecule has 1 heterocycles. The normalized spacial score (nSPS) is 28.5. The molecule has 7 nitrogen and oxygen atoms in total. The van der Waals surface area contributed by atoms with Gasteiger partial charge in [0, 0.05) is 19.2 Å². The zero-order chi connectivity index (χ0) is 16.8. The fourth-order valence-electron chi connectivity index (χ4n) is 2.20. The molecule has 4 N–H and O–H groups in total. The van der Waals surface area contributed by atoms with E-state index in [4.69, 9.17) is 9.47 Å². The van der Waals surface area contributed by atoms with Gasteiger partial charge in [-0.1, -0.05) is 11.8 Å². The van der Waals surface area contributed by atoms with Gasteiger partial charge in [-0.25, -0.2) is 0 Å². The second-order valence-electron chi connectivity index (χ2n) is 5.08. The maximum absolute atomic E-state index is 9.85. The molecule has 0 spiro atoms. The van der Waals surface area contributed by atoms with Crippen LogP contribution in [-0.2, 0) is 4.74 Å². The van der Waals surface area contributed by atoms with Crippen LogP contribution in [0.4, 0.5) is 5.69 Å². The van der Waals surface area contributed by atoms with Crippen LogP contribution in [0.3, 0.4) is 0 Å². The number of aliphatic hydroxyl groups excluding tert-OH is 3. The molecule has 0 amide bonds. The summed E-state index contributed by atoms with van der Waals surface area (Å²) < 4.78 is 10.7. The number of methoxy groups -OCH3 is 1. The van der Waals surface area contributed by atoms with Crippen LogP contribution in [0, 0.1) is 0 Å². The Balaban J connectivity index is 1.96. The summed E-state index contributed by atoms with van der Waals surface area (Å²) in [6.07, 6.45) is -2.55. The van der Waals surface area contributed by atoms with Gasteiger partial charge in [0.1, 0.15) is 23.4 Å². The number of ether oxygens (including phenoxy) is 2. The highest BCUT2D eigenvalue weighted by Crippen LogP contribution is 2.29. The van der Waals surface area contributed by atoms with Crippen LogP contribution in [-0.4, -0.2) is 65.0 Å². The van der Waals surface area contributed by atoms with Crippen LogP contribution in [0.2, 0.25) is 0 Å². The summed E-state index contributed by atoms with van der Waals surface area (Å²) in [6.45, 7) is -0.347. The lowest BCUT2D eigenvalue weighted by Gasteiger charge is -2.36. The molecule has 2 rings (SSSR count). The Kier molecular flexibility index (Phi) is 6.67. The summed E-state index contributed by atoms with van der Waals surface area (Å²) in [5.74, 6) is 0.761. The van der Waals surface area contributed by atoms with Gasteiger partial charge in [-0.2, -0.15) is 0 Å². The number of benzene rings is 1. The predicted molar refractivity (Wildman–Crippen MR) is 89.9 cm³/mol. The molecule has 0 aliphatic carbocycles. The average molecular weight is 342 g/mol. The summed E-state index contributed by atoms with van der Waals surface area (Å²) in [7, 11) is 3.26. The lowest BCUT2D eigenvalue weighted by atomic mass is 10.0. The molecule has 23 heavy (non-hydrogen) atoms. The Labute approximate surface area is 139 Å². The van der Waals surface area contributed by atoms with Gasteiger partial charge in [-0.3, -0.25) is 4.99 Å². The number of rotatable bonds is 4. The van der Waals surface area contributed by atoms with Crippen molar-refractivity contribution in [1.82, 2.24) is 0 Å². The van der Waals surface area contributed by atoms with Crippen LogP contribution in [0.25, 0.3) is 0 Å². The smallest absolute Gasteiger partial charge is 0.163 e. The van der Waals surface area contributed by atoms with E-state index in [1.54, 1.807) is 14.2 Å². The van der Waals surface area contributed by atoms with Crippen molar-refractivity contribution in [2.75, 3.05) is 26.1 Å². The van der Waals surface area contributed by atoms with E-state index in [0.29, 0.717) is 5.17 Å². The van der Waals surface area contributed by atoms with E-state index in [2.05, 4.69) is 10.3 Å². The summed E-state index contributed by atoms with van der Waals surface area (Å²) in [4.78, 5) is 4.17. The Hall–Kier alpha value is -1.32. The average Bonchev–Trinajstić information content (AvgIpc) is 2.57. The maximum Gasteiger partial charge on any atom is 0.163 e. The Morgan fingerprint density at radius 1 is 1.39 bits per heavy atom. The molecule has 8 heteroatoms. The Morgan fingerprint density at radius 3 is 2.65 bits per heavy atom. The van der Waals surface area contributed by atoms with Crippen molar-refractivity contribution in [3.05, 3.63) is 24.3 Å². The topological polar surface area (TPSA) is 104 Å². The number of anilines is 1. The van der Waals surface area contributed by atoms with E-state index in [1.807, 2.05) is 24.3 Å². The van der Waals surface area contributed by atoms with Gasteiger partial charge in [-0.15, -0.1) is 0 Å². The fraction of sp³-hybridized carbons (Fsp3) is 0.533. The number of aliphatic imine (C=N–C) groups is 1. The molecule has 1 aliphatic rings.